The minimum absolute atomic E-state index is 0.0665. The third-order valence-electron chi connectivity index (χ3n) is 3.24. The molecule has 0 spiro atoms. The number of sulfonamides is 1. The molecule has 0 amide bonds. The zero-order chi connectivity index (χ0) is 15.8. The highest BCUT2D eigenvalue weighted by Gasteiger charge is 2.30. The number of aromatic amines is 1. The maximum atomic E-state index is 13.8. The highest BCUT2D eigenvalue weighted by atomic mass is 32.2. The lowest BCUT2D eigenvalue weighted by Crippen LogP contribution is -2.30. The number of nitrogens with two attached hydrogens (primary N) is 1. The van der Waals surface area contributed by atoms with Crippen molar-refractivity contribution in [3.63, 3.8) is 0 Å². The number of benzene rings is 1. The van der Waals surface area contributed by atoms with Crippen LogP contribution in [-0.2, 0) is 10.0 Å². The third-order valence-corrected chi connectivity index (χ3v) is 5.20. The van der Waals surface area contributed by atoms with Gasteiger partial charge in [-0.25, -0.2) is 17.2 Å². The van der Waals surface area contributed by atoms with Crippen LogP contribution in [0, 0.1) is 11.6 Å². The molecule has 0 saturated heterocycles. The molecule has 0 saturated carbocycles. The molecule has 2 rings (SSSR count). The summed E-state index contributed by atoms with van der Waals surface area (Å²) in [6.07, 6.45) is 1.07. The number of nitrogens with one attached hydrogen (secondary N) is 1. The topological polar surface area (TPSA) is 92.1 Å². The van der Waals surface area contributed by atoms with Crippen molar-refractivity contribution in [2.24, 2.45) is 0 Å². The van der Waals surface area contributed by atoms with Crippen LogP contribution in [0.4, 0.5) is 14.6 Å². The van der Waals surface area contributed by atoms with Crippen LogP contribution in [0.25, 0.3) is 0 Å². The van der Waals surface area contributed by atoms with Crippen molar-refractivity contribution in [2.45, 2.75) is 17.9 Å². The molecule has 0 bridgehead atoms. The standard InChI is InChI=1S/C12H14F2N4O2S/c1-7(9-5-8(13)3-4-10(9)14)18(2)21(19,20)11-6-16-17-12(11)15/h3-7H,1-2H3,(H3,15,16,17). The van der Waals surface area contributed by atoms with E-state index in [2.05, 4.69) is 10.2 Å². The van der Waals surface area contributed by atoms with E-state index in [1.54, 1.807) is 0 Å². The highest BCUT2D eigenvalue weighted by molar-refractivity contribution is 7.89. The Bertz CT molecular complexity index is 760. The summed E-state index contributed by atoms with van der Waals surface area (Å²) in [5.41, 5.74) is 5.43. The van der Waals surface area contributed by atoms with Gasteiger partial charge in [-0.15, -0.1) is 0 Å². The molecule has 0 radical (unpaired) electrons. The van der Waals surface area contributed by atoms with E-state index in [1.165, 1.54) is 14.0 Å². The summed E-state index contributed by atoms with van der Waals surface area (Å²) in [5.74, 6) is -1.45. The summed E-state index contributed by atoms with van der Waals surface area (Å²) in [6.45, 7) is 1.45. The maximum absolute atomic E-state index is 13.8. The van der Waals surface area contributed by atoms with Crippen molar-refractivity contribution < 1.29 is 17.2 Å². The second-order valence-electron chi connectivity index (χ2n) is 4.51. The van der Waals surface area contributed by atoms with Gasteiger partial charge in [0.05, 0.1) is 6.20 Å². The van der Waals surface area contributed by atoms with Crippen LogP contribution >= 0.6 is 0 Å². The van der Waals surface area contributed by atoms with Crippen LogP contribution in [0.2, 0.25) is 0 Å². The van der Waals surface area contributed by atoms with Crippen molar-refractivity contribution >= 4 is 15.8 Å². The molecule has 21 heavy (non-hydrogen) atoms. The zero-order valence-corrected chi connectivity index (χ0v) is 12.2. The fraction of sp³-hybridized carbons (Fsp3) is 0.250. The molecular formula is C12H14F2N4O2S. The van der Waals surface area contributed by atoms with E-state index >= 15 is 0 Å². The van der Waals surface area contributed by atoms with Gasteiger partial charge in [-0.05, 0) is 25.1 Å². The summed E-state index contributed by atoms with van der Waals surface area (Å²) in [7, 11) is -2.72. The molecule has 3 N–H and O–H groups in total. The SMILES string of the molecule is CC(c1cc(F)ccc1F)N(C)S(=O)(=O)c1cn[nH]c1N. The summed E-state index contributed by atoms with van der Waals surface area (Å²) < 4.78 is 52.7. The monoisotopic (exact) mass is 316 g/mol. The summed E-state index contributed by atoms with van der Waals surface area (Å²) >= 11 is 0. The fourth-order valence-electron chi connectivity index (χ4n) is 1.88. The van der Waals surface area contributed by atoms with E-state index in [0.29, 0.717) is 0 Å². The highest BCUT2D eigenvalue weighted by Crippen LogP contribution is 2.29. The molecule has 2 aromatic rings. The largest absolute Gasteiger partial charge is 0.383 e. The number of hydrogen-bond donors (Lipinski definition) is 2. The second kappa shape index (κ2) is 5.41. The Kier molecular flexibility index (Phi) is 3.97. The fourth-order valence-corrected chi connectivity index (χ4v) is 3.23. The average molecular weight is 316 g/mol. The molecule has 0 aliphatic heterocycles. The normalized spacial score (nSPS) is 13.6. The first-order valence-electron chi connectivity index (χ1n) is 5.97. The van der Waals surface area contributed by atoms with Crippen molar-refractivity contribution in [3.05, 3.63) is 41.6 Å². The van der Waals surface area contributed by atoms with Crippen LogP contribution in [0.5, 0.6) is 0 Å². The van der Waals surface area contributed by atoms with Crippen molar-refractivity contribution in [1.82, 2.24) is 14.5 Å². The average Bonchev–Trinajstić information content (AvgIpc) is 2.86. The van der Waals surface area contributed by atoms with Gasteiger partial charge in [-0.3, -0.25) is 5.10 Å². The lowest BCUT2D eigenvalue weighted by Gasteiger charge is -2.24. The number of rotatable bonds is 4. The van der Waals surface area contributed by atoms with E-state index in [-0.39, 0.29) is 16.3 Å². The molecule has 0 aliphatic carbocycles. The number of H-pyrrole nitrogens is 1. The predicted molar refractivity (Wildman–Crippen MR) is 72.7 cm³/mol. The first kappa shape index (κ1) is 15.4. The molecule has 6 nitrogen and oxygen atoms in total. The maximum Gasteiger partial charge on any atom is 0.248 e. The van der Waals surface area contributed by atoms with Crippen LogP contribution in [0.15, 0.2) is 29.3 Å². The van der Waals surface area contributed by atoms with Crippen LogP contribution in [-0.4, -0.2) is 30.0 Å². The number of nitrogen functional groups attached to an aromatic ring is 1. The van der Waals surface area contributed by atoms with Gasteiger partial charge < -0.3 is 5.73 Å². The van der Waals surface area contributed by atoms with Crippen molar-refractivity contribution in [2.75, 3.05) is 12.8 Å². The number of halogens is 2. The Morgan fingerprint density at radius 1 is 1.38 bits per heavy atom. The molecule has 9 heteroatoms. The molecule has 1 heterocycles. The number of anilines is 1. The van der Waals surface area contributed by atoms with Crippen molar-refractivity contribution in [3.8, 4) is 0 Å². The Labute approximate surface area is 120 Å². The number of hydrogen-bond acceptors (Lipinski definition) is 4. The van der Waals surface area contributed by atoms with Gasteiger partial charge in [0.15, 0.2) is 0 Å². The molecule has 1 atom stereocenters. The first-order valence-corrected chi connectivity index (χ1v) is 7.41. The second-order valence-corrected chi connectivity index (χ2v) is 6.48. The van der Waals surface area contributed by atoms with Gasteiger partial charge in [-0.1, -0.05) is 0 Å². The lowest BCUT2D eigenvalue weighted by molar-refractivity contribution is 0.386. The quantitative estimate of drug-likeness (QED) is 0.897. The molecule has 0 fully saturated rings. The summed E-state index contributed by atoms with van der Waals surface area (Å²) in [6, 6.07) is 1.96. The summed E-state index contributed by atoms with van der Waals surface area (Å²) in [5, 5.41) is 5.86. The molecule has 0 aliphatic rings. The van der Waals surface area contributed by atoms with Crippen molar-refractivity contribution in [1.29, 1.82) is 0 Å². The van der Waals surface area contributed by atoms with E-state index in [0.717, 1.165) is 28.7 Å². The van der Waals surface area contributed by atoms with Gasteiger partial charge in [0, 0.05) is 18.7 Å². The van der Waals surface area contributed by atoms with E-state index < -0.39 is 27.7 Å². The smallest absolute Gasteiger partial charge is 0.248 e. The molecule has 1 aromatic carbocycles. The Morgan fingerprint density at radius 2 is 2.05 bits per heavy atom. The van der Waals surface area contributed by atoms with Gasteiger partial charge in [0.1, 0.15) is 22.3 Å². The first-order chi connectivity index (χ1) is 9.75. The third kappa shape index (κ3) is 2.74. The minimum Gasteiger partial charge on any atom is -0.383 e. The number of nitrogens with zero attached hydrogens (tertiary/aromatic N) is 2. The van der Waals surface area contributed by atoms with E-state index in [1.807, 2.05) is 0 Å². The van der Waals surface area contributed by atoms with Gasteiger partial charge >= 0.3 is 0 Å². The minimum atomic E-state index is -3.98. The van der Waals surface area contributed by atoms with Crippen LogP contribution in [0.1, 0.15) is 18.5 Å². The van der Waals surface area contributed by atoms with Gasteiger partial charge in [-0.2, -0.15) is 9.40 Å². The van der Waals surface area contributed by atoms with E-state index in [4.69, 9.17) is 5.73 Å². The Hall–Kier alpha value is -2.00. The van der Waals surface area contributed by atoms with Crippen LogP contribution < -0.4 is 5.73 Å². The van der Waals surface area contributed by atoms with Gasteiger partial charge in [0.25, 0.3) is 0 Å². The van der Waals surface area contributed by atoms with Crippen LogP contribution in [0.3, 0.4) is 0 Å². The molecule has 114 valence electrons. The lowest BCUT2D eigenvalue weighted by atomic mass is 10.1. The molecular weight excluding hydrogens is 302 g/mol. The Morgan fingerprint density at radius 3 is 2.62 bits per heavy atom. The van der Waals surface area contributed by atoms with Gasteiger partial charge in [0.2, 0.25) is 10.0 Å². The van der Waals surface area contributed by atoms with E-state index in [9.17, 15) is 17.2 Å². The molecule has 1 aromatic heterocycles. The predicted octanol–water partition coefficient (Wildman–Crippen LogP) is 1.65. The Balaban J connectivity index is 2.42. The number of aromatic nitrogens is 2. The zero-order valence-electron chi connectivity index (χ0n) is 11.3. The molecule has 1 unspecified atom stereocenters. The summed E-state index contributed by atoms with van der Waals surface area (Å²) in [4.78, 5) is -0.214.